The van der Waals surface area contributed by atoms with Gasteiger partial charge in [-0.1, -0.05) is 0 Å². The topological polar surface area (TPSA) is 294 Å². The molecular weight excluding hydrogens is 673 g/mol. The zero-order valence-electron chi connectivity index (χ0n) is 24.9. The molecular formula is C21H36N5O16PS2. The van der Waals surface area contributed by atoms with Crippen LogP contribution in [0.2, 0.25) is 0 Å². The van der Waals surface area contributed by atoms with E-state index in [1.165, 1.54) is 12.7 Å². The molecule has 0 fully saturated rings. The van der Waals surface area contributed by atoms with Crippen molar-refractivity contribution in [1.82, 2.24) is 19.5 Å². The number of rotatable bonds is 16. The van der Waals surface area contributed by atoms with E-state index in [0.29, 0.717) is 11.2 Å². The highest BCUT2D eigenvalue weighted by molar-refractivity contribution is 7.89. The van der Waals surface area contributed by atoms with E-state index in [1.54, 1.807) is 39.2 Å². The largest absolute Gasteiger partial charge is 0.510 e. The van der Waals surface area contributed by atoms with Crippen LogP contribution in [0.4, 0.5) is 15.4 Å². The maximum atomic E-state index is 13.1. The van der Waals surface area contributed by atoms with Crippen molar-refractivity contribution < 1.29 is 72.8 Å². The van der Waals surface area contributed by atoms with Crippen LogP contribution in [0.3, 0.4) is 0 Å². The first-order valence-corrected chi connectivity index (χ1v) is 17.6. The van der Waals surface area contributed by atoms with Gasteiger partial charge in [-0.25, -0.2) is 24.5 Å². The van der Waals surface area contributed by atoms with Crippen LogP contribution >= 0.6 is 7.60 Å². The quantitative estimate of drug-likeness (QED) is 0.0968. The van der Waals surface area contributed by atoms with E-state index in [0.717, 1.165) is 0 Å². The van der Waals surface area contributed by atoms with Crippen LogP contribution in [0.5, 0.6) is 0 Å². The maximum Gasteiger partial charge on any atom is 0.510 e. The number of fused-ring (bicyclic) bond motifs is 1. The molecule has 0 radical (unpaired) electrons. The predicted molar refractivity (Wildman–Crippen MR) is 153 cm³/mol. The average Bonchev–Trinajstić information content (AvgIpc) is 3.29. The highest BCUT2D eigenvalue weighted by Gasteiger charge is 2.29. The van der Waals surface area contributed by atoms with Gasteiger partial charge >= 0.3 is 19.9 Å². The van der Waals surface area contributed by atoms with Gasteiger partial charge in [-0.05, 0) is 34.6 Å². The summed E-state index contributed by atoms with van der Waals surface area (Å²) in [5, 5.41) is 0. The predicted octanol–water partition coefficient (Wildman–Crippen LogP) is 1.80. The second-order valence-corrected chi connectivity index (χ2v) is 14.4. The van der Waals surface area contributed by atoms with E-state index in [4.69, 9.17) is 47.6 Å². The van der Waals surface area contributed by atoms with Gasteiger partial charge in [-0.3, -0.25) is 22.7 Å². The molecule has 4 N–H and O–H groups in total. The Bertz CT molecular complexity index is 1450. The molecule has 2 rings (SSSR count). The minimum atomic E-state index is -4.30. The number of carbonyl (C=O) groups excluding carboxylic acids is 2. The van der Waals surface area contributed by atoms with Crippen molar-refractivity contribution in [3.8, 4) is 0 Å². The van der Waals surface area contributed by atoms with Gasteiger partial charge in [0, 0.05) is 0 Å². The van der Waals surface area contributed by atoms with E-state index in [-0.39, 0.29) is 12.4 Å². The second kappa shape index (κ2) is 18.1. The van der Waals surface area contributed by atoms with Gasteiger partial charge in [0.1, 0.15) is 18.2 Å². The number of nitrogen functional groups attached to an aromatic ring is 1. The van der Waals surface area contributed by atoms with Crippen molar-refractivity contribution in [2.45, 2.75) is 59.5 Å². The van der Waals surface area contributed by atoms with E-state index >= 15 is 0 Å². The van der Waals surface area contributed by atoms with Gasteiger partial charge in [0.05, 0.1) is 42.7 Å². The minimum absolute atomic E-state index is 0.237. The molecule has 0 spiro atoms. The molecule has 0 aliphatic heterocycles. The SMILES string of the molecule is CC(C)OC(=O)OCOP(=O)(CO[C@H](C)Cn1cnc2c(N)ncnc21)OCOC(=O)OC(C)C.O=S(=O)(O)CCS(=O)(=O)O. The van der Waals surface area contributed by atoms with Crippen LogP contribution in [-0.4, -0.2) is 108 Å². The lowest BCUT2D eigenvalue weighted by molar-refractivity contribution is -0.0369. The van der Waals surface area contributed by atoms with Gasteiger partial charge < -0.3 is 34.0 Å². The number of hydrogen-bond acceptors (Lipinski definition) is 18. The monoisotopic (exact) mass is 709 g/mol. The van der Waals surface area contributed by atoms with Crippen molar-refractivity contribution in [3.63, 3.8) is 0 Å². The smallest absolute Gasteiger partial charge is 0.432 e. The fourth-order valence-corrected chi connectivity index (χ4v) is 5.44. The molecule has 0 aromatic carbocycles. The Balaban J connectivity index is 0.000000868. The lowest BCUT2D eigenvalue weighted by Crippen LogP contribution is -2.20. The molecule has 45 heavy (non-hydrogen) atoms. The normalized spacial score (nSPS) is 12.8. The Morgan fingerprint density at radius 1 is 0.889 bits per heavy atom. The first-order valence-electron chi connectivity index (χ1n) is 12.7. The molecule has 0 aliphatic rings. The van der Waals surface area contributed by atoms with Crippen molar-refractivity contribution in [2.75, 3.05) is 37.2 Å². The van der Waals surface area contributed by atoms with Crippen LogP contribution in [0.1, 0.15) is 34.6 Å². The number of nitrogens with zero attached hydrogens (tertiary/aromatic N) is 4. The Morgan fingerprint density at radius 2 is 1.38 bits per heavy atom. The molecule has 0 bridgehead atoms. The molecule has 2 heterocycles. The number of nitrogens with two attached hydrogens (primary N) is 1. The summed E-state index contributed by atoms with van der Waals surface area (Å²) in [5.41, 5.74) is 6.72. The van der Waals surface area contributed by atoms with Crippen molar-refractivity contribution >= 4 is 57.1 Å². The first-order chi connectivity index (χ1) is 20.7. The van der Waals surface area contributed by atoms with Gasteiger partial charge in [0.25, 0.3) is 20.2 Å². The standard InChI is InChI=1S/C19H30N5O10P.C2H6O6S2/c1-12(2)33-18(25)28-9-31-35(27,32-10-29-19(26)34-13(3)4)11-30-14(5)6-24-8-23-15-16(20)21-7-22-17(15)24;3-9(4,5)1-2-10(6,7)8/h7-8,12-14H,6,9-11H2,1-5H3,(H2,20,21,22);1-2H2,(H,3,4,5)(H,6,7,8)/t14-;/m1./s1. The van der Waals surface area contributed by atoms with Crippen LogP contribution in [0.25, 0.3) is 11.2 Å². The van der Waals surface area contributed by atoms with Crippen molar-refractivity contribution in [2.24, 2.45) is 0 Å². The molecule has 0 saturated heterocycles. The number of aromatic nitrogens is 4. The Morgan fingerprint density at radius 3 is 1.82 bits per heavy atom. The van der Waals surface area contributed by atoms with Gasteiger partial charge in [0.15, 0.2) is 11.5 Å². The van der Waals surface area contributed by atoms with E-state index in [2.05, 4.69) is 15.0 Å². The van der Waals surface area contributed by atoms with Crippen LogP contribution in [0.15, 0.2) is 12.7 Å². The molecule has 0 unspecified atom stereocenters. The second-order valence-electron chi connectivity index (χ2n) is 9.23. The summed E-state index contributed by atoms with van der Waals surface area (Å²) in [6, 6.07) is 0. The molecule has 24 heteroatoms. The van der Waals surface area contributed by atoms with Crippen molar-refractivity contribution in [3.05, 3.63) is 12.7 Å². The molecule has 2 aromatic rings. The third-order valence-electron chi connectivity index (χ3n) is 4.52. The average molecular weight is 710 g/mol. The van der Waals surface area contributed by atoms with Crippen molar-refractivity contribution in [1.29, 1.82) is 0 Å². The molecule has 0 saturated carbocycles. The summed E-state index contributed by atoms with van der Waals surface area (Å²) >= 11 is 0. The molecule has 21 nitrogen and oxygen atoms in total. The van der Waals surface area contributed by atoms with Crippen LogP contribution < -0.4 is 5.73 Å². The third-order valence-corrected chi connectivity index (χ3v) is 7.68. The molecule has 1 atom stereocenters. The van der Waals surface area contributed by atoms with E-state index in [9.17, 15) is 31.0 Å². The number of imidazole rings is 1. The number of ether oxygens (including phenoxy) is 5. The highest BCUT2D eigenvalue weighted by Crippen LogP contribution is 2.48. The Labute approximate surface area is 258 Å². The lowest BCUT2D eigenvalue weighted by Gasteiger charge is -2.21. The number of carbonyl (C=O) groups is 2. The van der Waals surface area contributed by atoms with Crippen LogP contribution in [-0.2, 0) is 64.1 Å². The fourth-order valence-electron chi connectivity index (χ4n) is 2.67. The van der Waals surface area contributed by atoms with Gasteiger partial charge in [0.2, 0.25) is 13.6 Å². The molecule has 2 aromatic heterocycles. The van der Waals surface area contributed by atoms with Gasteiger partial charge in [-0.15, -0.1) is 0 Å². The summed E-state index contributed by atoms with van der Waals surface area (Å²) in [6.07, 6.45) is -1.14. The Kier molecular flexibility index (Phi) is 16.0. The molecule has 0 aliphatic carbocycles. The fraction of sp³-hybridized carbons (Fsp3) is 0.667. The zero-order valence-corrected chi connectivity index (χ0v) is 27.4. The van der Waals surface area contributed by atoms with E-state index in [1.807, 2.05) is 0 Å². The van der Waals surface area contributed by atoms with Crippen LogP contribution in [0, 0.1) is 0 Å². The number of anilines is 1. The molecule has 0 amide bonds. The summed E-state index contributed by atoms with van der Waals surface area (Å²) in [7, 11) is -12.7. The lowest BCUT2D eigenvalue weighted by atomic mass is 10.4. The first kappa shape index (κ1) is 39.8. The third kappa shape index (κ3) is 17.8. The Hall–Kier alpha value is -3.18. The zero-order chi connectivity index (χ0) is 34.4. The summed E-state index contributed by atoms with van der Waals surface area (Å²) in [5.74, 6) is -1.72. The van der Waals surface area contributed by atoms with E-state index < -0.39 is 89.9 Å². The summed E-state index contributed by atoms with van der Waals surface area (Å²) in [6.45, 7) is 6.98. The summed E-state index contributed by atoms with van der Waals surface area (Å²) < 4.78 is 105. The minimum Gasteiger partial charge on any atom is -0.432 e. The molecule has 258 valence electrons. The maximum absolute atomic E-state index is 13.1. The highest BCUT2D eigenvalue weighted by atomic mass is 32.2. The number of hydrogen-bond donors (Lipinski definition) is 3. The summed E-state index contributed by atoms with van der Waals surface area (Å²) in [4.78, 5) is 35.2. The van der Waals surface area contributed by atoms with Gasteiger partial charge in [-0.2, -0.15) is 16.8 Å².